The van der Waals surface area contributed by atoms with Gasteiger partial charge in [0.05, 0.1) is 5.56 Å². The molecule has 5 rings (SSSR count). The summed E-state index contributed by atoms with van der Waals surface area (Å²) in [5.74, 6) is 6.01. The van der Waals surface area contributed by atoms with Crippen LogP contribution in [0.2, 0.25) is 0 Å². The highest BCUT2D eigenvalue weighted by molar-refractivity contribution is 5.89. The molecule has 2 nitrogen and oxygen atoms in total. The third kappa shape index (κ3) is 4.80. The van der Waals surface area contributed by atoms with E-state index in [-0.39, 0.29) is 12.1 Å². The highest BCUT2D eigenvalue weighted by atomic mass is 16.5. The van der Waals surface area contributed by atoms with E-state index >= 15 is 0 Å². The molecule has 0 N–H and O–H groups in total. The van der Waals surface area contributed by atoms with Crippen LogP contribution in [0.1, 0.15) is 122 Å². The molecule has 4 aliphatic carbocycles. The fourth-order valence-corrected chi connectivity index (χ4v) is 10.1. The number of ether oxygens (including phenoxy) is 1. The number of rotatable bonds is 7. The van der Waals surface area contributed by atoms with Crippen molar-refractivity contribution >= 4 is 5.97 Å². The van der Waals surface area contributed by atoms with Gasteiger partial charge in [0.1, 0.15) is 6.10 Å². The molecule has 36 heavy (non-hydrogen) atoms. The van der Waals surface area contributed by atoms with Crippen LogP contribution in [0, 0.1) is 52.3 Å². The van der Waals surface area contributed by atoms with Gasteiger partial charge in [-0.15, -0.1) is 0 Å². The van der Waals surface area contributed by atoms with E-state index in [9.17, 15) is 4.79 Å². The van der Waals surface area contributed by atoms with Crippen molar-refractivity contribution in [1.29, 1.82) is 0 Å². The van der Waals surface area contributed by atoms with Crippen LogP contribution in [0.5, 0.6) is 0 Å². The molecule has 0 aliphatic heterocycles. The van der Waals surface area contributed by atoms with Crippen LogP contribution >= 0.6 is 0 Å². The second-order valence-corrected chi connectivity index (χ2v) is 14.4. The number of benzene rings is 1. The molecule has 0 aromatic heterocycles. The fourth-order valence-electron chi connectivity index (χ4n) is 10.1. The lowest BCUT2D eigenvalue weighted by Crippen LogP contribution is -2.54. The van der Waals surface area contributed by atoms with Gasteiger partial charge in [-0.1, -0.05) is 72.1 Å². The van der Waals surface area contributed by atoms with Crippen LogP contribution in [0.4, 0.5) is 0 Å². The van der Waals surface area contributed by atoms with Crippen molar-refractivity contribution in [3.8, 4) is 0 Å². The first-order chi connectivity index (χ1) is 17.2. The molecule has 0 heterocycles. The normalized spacial score (nSPS) is 40.7. The number of carbonyl (C=O) groups is 1. The third-order valence-corrected chi connectivity index (χ3v) is 12.1. The minimum atomic E-state index is -0.133. The first kappa shape index (κ1) is 26.3. The fraction of sp³-hybridized carbons (Fsp3) is 0.794. The molecular formula is C34H52O2. The zero-order valence-corrected chi connectivity index (χ0v) is 23.8. The molecular weight excluding hydrogens is 440 g/mol. The summed E-state index contributed by atoms with van der Waals surface area (Å²) in [6.45, 7) is 12.7. The van der Waals surface area contributed by atoms with Gasteiger partial charge in [0.2, 0.25) is 0 Å². The summed E-state index contributed by atoms with van der Waals surface area (Å²) >= 11 is 0. The molecule has 0 radical (unpaired) electrons. The lowest BCUT2D eigenvalue weighted by Gasteiger charge is -2.61. The van der Waals surface area contributed by atoms with Crippen molar-refractivity contribution in [2.45, 2.75) is 118 Å². The predicted molar refractivity (Wildman–Crippen MR) is 149 cm³/mol. The molecule has 1 aromatic rings. The van der Waals surface area contributed by atoms with E-state index < -0.39 is 0 Å². The van der Waals surface area contributed by atoms with Gasteiger partial charge in [0, 0.05) is 0 Å². The van der Waals surface area contributed by atoms with E-state index in [2.05, 4.69) is 34.6 Å². The summed E-state index contributed by atoms with van der Waals surface area (Å²) in [5, 5.41) is 0. The van der Waals surface area contributed by atoms with Crippen LogP contribution in [0.3, 0.4) is 0 Å². The number of hydrogen-bond acceptors (Lipinski definition) is 2. The highest BCUT2D eigenvalue weighted by Crippen LogP contribution is 2.68. The molecule has 0 amide bonds. The Morgan fingerprint density at radius 3 is 2.36 bits per heavy atom. The maximum Gasteiger partial charge on any atom is 0.338 e. The van der Waals surface area contributed by atoms with E-state index in [0.717, 1.165) is 54.3 Å². The van der Waals surface area contributed by atoms with Crippen LogP contribution < -0.4 is 0 Å². The summed E-state index contributed by atoms with van der Waals surface area (Å²) in [5.41, 5.74) is 1.71. The quantitative estimate of drug-likeness (QED) is 0.354. The topological polar surface area (TPSA) is 26.3 Å². The third-order valence-electron chi connectivity index (χ3n) is 12.1. The Hall–Kier alpha value is -1.31. The Morgan fingerprint density at radius 1 is 0.889 bits per heavy atom. The van der Waals surface area contributed by atoms with Crippen molar-refractivity contribution in [2.24, 2.45) is 52.3 Å². The van der Waals surface area contributed by atoms with Crippen molar-refractivity contribution in [2.75, 3.05) is 0 Å². The van der Waals surface area contributed by atoms with Gasteiger partial charge < -0.3 is 4.74 Å². The van der Waals surface area contributed by atoms with Gasteiger partial charge in [-0.25, -0.2) is 4.79 Å². The van der Waals surface area contributed by atoms with Crippen molar-refractivity contribution < 1.29 is 9.53 Å². The Balaban J connectivity index is 1.22. The van der Waals surface area contributed by atoms with Gasteiger partial charge in [0.15, 0.2) is 0 Å². The molecule has 2 heteroatoms. The van der Waals surface area contributed by atoms with E-state index in [1.54, 1.807) is 0 Å². The average molecular weight is 493 g/mol. The Morgan fingerprint density at radius 2 is 1.61 bits per heavy atom. The molecule has 9 atom stereocenters. The monoisotopic (exact) mass is 492 g/mol. The summed E-state index contributed by atoms with van der Waals surface area (Å²) in [4.78, 5) is 12.7. The number of esters is 1. The SMILES string of the molecule is CC(C)CCC[C@@H](C)[C@H]1CC[C@H]2[C@@H]3CC[C@H]4C[C@H](OC(=O)c5ccccc5)CC[C@]4(C)[C@H]3CC[C@]12C. The van der Waals surface area contributed by atoms with Crippen molar-refractivity contribution in [1.82, 2.24) is 0 Å². The second-order valence-electron chi connectivity index (χ2n) is 14.4. The standard InChI is InChI=1S/C34H52O2/c1-23(2)10-9-11-24(3)29-16-17-30-28-15-14-26-22-27(36-32(35)25-12-7-6-8-13-25)18-20-33(26,4)31(28)19-21-34(29,30)5/h6-8,12-13,23-24,26-31H,9-11,14-22H2,1-5H3/t24-,26+,27-,28+,29-,30+,31+,33+,34-/m1/s1. The van der Waals surface area contributed by atoms with E-state index in [4.69, 9.17) is 4.74 Å². The zero-order chi connectivity index (χ0) is 25.5. The number of fused-ring (bicyclic) bond motifs is 5. The Kier molecular flexibility index (Phi) is 7.64. The lowest BCUT2D eigenvalue weighted by atomic mass is 9.44. The van der Waals surface area contributed by atoms with E-state index in [1.807, 2.05) is 30.3 Å². The summed E-state index contributed by atoms with van der Waals surface area (Å²) in [6.07, 6.45) is 16.3. The van der Waals surface area contributed by atoms with Crippen LogP contribution in [-0.2, 0) is 4.74 Å². The highest BCUT2D eigenvalue weighted by Gasteiger charge is 2.60. The van der Waals surface area contributed by atoms with Gasteiger partial charge in [-0.05, 0) is 122 Å². The molecule has 4 fully saturated rings. The molecule has 200 valence electrons. The molecule has 1 aromatic carbocycles. The lowest BCUT2D eigenvalue weighted by molar-refractivity contribution is -0.130. The molecule has 4 aliphatic rings. The first-order valence-electron chi connectivity index (χ1n) is 15.5. The minimum Gasteiger partial charge on any atom is -0.459 e. The predicted octanol–water partition coefficient (Wildman–Crippen LogP) is 9.33. The van der Waals surface area contributed by atoms with Crippen LogP contribution in [0.15, 0.2) is 30.3 Å². The molecule has 0 spiro atoms. The smallest absolute Gasteiger partial charge is 0.338 e. The maximum absolute atomic E-state index is 12.7. The minimum absolute atomic E-state index is 0.101. The molecule has 4 saturated carbocycles. The van der Waals surface area contributed by atoms with Crippen molar-refractivity contribution in [3.63, 3.8) is 0 Å². The summed E-state index contributed by atoms with van der Waals surface area (Å²) in [7, 11) is 0. The number of hydrogen-bond donors (Lipinski definition) is 0. The Bertz CT molecular complexity index is 892. The maximum atomic E-state index is 12.7. The molecule has 0 unspecified atom stereocenters. The molecule has 0 bridgehead atoms. The number of carbonyl (C=O) groups excluding carboxylic acids is 1. The van der Waals surface area contributed by atoms with Gasteiger partial charge in [0.25, 0.3) is 0 Å². The van der Waals surface area contributed by atoms with Gasteiger partial charge >= 0.3 is 5.97 Å². The first-order valence-corrected chi connectivity index (χ1v) is 15.5. The Labute approximate surface area is 221 Å². The van der Waals surface area contributed by atoms with Gasteiger partial charge in [-0.2, -0.15) is 0 Å². The zero-order valence-electron chi connectivity index (χ0n) is 23.8. The summed E-state index contributed by atoms with van der Waals surface area (Å²) < 4.78 is 6.04. The van der Waals surface area contributed by atoms with E-state index in [0.29, 0.717) is 16.4 Å². The van der Waals surface area contributed by atoms with E-state index in [1.165, 1.54) is 64.2 Å². The largest absolute Gasteiger partial charge is 0.459 e. The molecule has 0 saturated heterocycles. The summed E-state index contributed by atoms with van der Waals surface area (Å²) in [6, 6.07) is 9.55. The van der Waals surface area contributed by atoms with Crippen LogP contribution in [-0.4, -0.2) is 12.1 Å². The van der Waals surface area contributed by atoms with Crippen molar-refractivity contribution in [3.05, 3.63) is 35.9 Å². The average Bonchev–Trinajstić information content (AvgIpc) is 3.22. The second kappa shape index (κ2) is 10.5. The van der Waals surface area contributed by atoms with Gasteiger partial charge in [-0.3, -0.25) is 0 Å². The van der Waals surface area contributed by atoms with Crippen LogP contribution in [0.25, 0.3) is 0 Å².